The first-order valence-electron chi connectivity index (χ1n) is 9.09. The Hall–Kier alpha value is -2.50. The van der Waals surface area contributed by atoms with E-state index in [1.807, 2.05) is 44.2 Å². The first kappa shape index (κ1) is 21.2. The average Bonchev–Trinajstić information content (AvgIpc) is 3.21. The first-order valence-corrected chi connectivity index (χ1v) is 9.84. The van der Waals surface area contributed by atoms with Gasteiger partial charge in [-0.15, -0.1) is 0 Å². The highest BCUT2D eigenvalue weighted by atomic mass is 35.5. The molecule has 1 aliphatic carbocycles. The summed E-state index contributed by atoms with van der Waals surface area (Å²) < 4.78 is 11.5. The molecule has 0 unspecified atom stereocenters. The maximum atomic E-state index is 12.7. The highest BCUT2D eigenvalue weighted by Crippen LogP contribution is 2.60. The standard InChI is InChI=1S/C22H21Cl2NO4/c1-22(2)17(12-18(23)24)19(22)21(27)29-20(25-13-26)14-7-6-10-16(11-14)28-15-8-4-3-5-9-15/h3-13,17,19-20H,1-2H3,(H,25,26)/t17-,19+,20+/m1/s1. The summed E-state index contributed by atoms with van der Waals surface area (Å²) in [6.07, 6.45) is 1.20. The molecule has 1 aliphatic rings. The molecule has 1 amide bonds. The lowest BCUT2D eigenvalue weighted by Gasteiger charge is -2.18. The van der Waals surface area contributed by atoms with Crippen LogP contribution < -0.4 is 10.1 Å². The molecule has 7 heteroatoms. The number of hydrogen-bond acceptors (Lipinski definition) is 4. The highest BCUT2D eigenvalue weighted by molar-refractivity contribution is 6.55. The van der Waals surface area contributed by atoms with Crippen LogP contribution in [0, 0.1) is 17.3 Å². The molecule has 0 aromatic heterocycles. The molecule has 2 aromatic carbocycles. The van der Waals surface area contributed by atoms with Crippen LogP contribution in [-0.2, 0) is 14.3 Å². The molecule has 0 saturated heterocycles. The van der Waals surface area contributed by atoms with Crippen LogP contribution in [0.5, 0.6) is 11.5 Å². The molecular weight excluding hydrogens is 413 g/mol. The number of allylic oxidation sites excluding steroid dienone is 1. The predicted molar refractivity (Wildman–Crippen MR) is 112 cm³/mol. The molecule has 0 radical (unpaired) electrons. The van der Waals surface area contributed by atoms with Crippen LogP contribution in [0.25, 0.3) is 0 Å². The van der Waals surface area contributed by atoms with Gasteiger partial charge in [0.05, 0.1) is 5.92 Å². The van der Waals surface area contributed by atoms with Gasteiger partial charge in [-0.25, -0.2) is 0 Å². The molecule has 0 heterocycles. The van der Waals surface area contributed by atoms with E-state index < -0.39 is 18.1 Å². The number of esters is 1. The fraction of sp³-hybridized carbons (Fsp3) is 0.273. The fourth-order valence-corrected chi connectivity index (χ4v) is 3.66. The van der Waals surface area contributed by atoms with E-state index in [0.717, 1.165) is 0 Å². The summed E-state index contributed by atoms with van der Waals surface area (Å²) in [6.45, 7) is 3.88. The molecule has 0 bridgehead atoms. The van der Waals surface area contributed by atoms with E-state index in [1.54, 1.807) is 30.3 Å². The van der Waals surface area contributed by atoms with Gasteiger partial charge in [0.1, 0.15) is 16.0 Å². The van der Waals surface area contributed by atoms with Crippen molar-refractivity contribution in [2.24, 2.45) is 17.3 Å². The number of carbonyl (C=O) groups is 2. The van der Waals surface area contributed by atoms with Crippen LogP contribution in [0.3, 0.4) is 0 Å². The minimum absolute atomic E-state index is 0.117. The number of benzene rings is 2. The Morgan fingerprint density at radius 3 is 2.45 bits per heavy atom. The molecule has 0 spiro atoms. The van der Waals surface area contributed by atoms with Crippen molar-refractivity contribution in [2.75, 3.05) is 0 Å². The summed E-state index contributed by atoms with van der Waals surface area (Å²) in [5.41, 5.74) is 0.260. The monoisotopic (exact) mass is 433 g/mol. The number of ether oxygens (including phenoxy) is 2. The normalized spacial score (nSPS) is 20.1. The molecule has 1 saturated carbocycles. The van der Waals surface area contributed by atoms with Crippen molar-refractivity contribution in [3.8, 4) is 11.5 Å². The van der Waals surface area contributed by atoms with Crippen molar-refractivity contribution in [3.05, 3.63) is 70.7 Å². The molecule has 1 fully saturated rings. The van der Waals surface area contributed by atoms with Crippen LogP contribution in [0.15, 0.2) is 65.2 Å². The van der Waals surface area contributed by atoms with Crippen LogP contribution in [-0.4, -0.2) is 12.4 Å². The third-order valence-corrected chi connectivity index (χ3v) is 5.32. The molecule has 152 valence electrons. The quantitative estimate of drug-likeness (QED) is 0.345. The lowest BCUT2D eigenvalue weighted by Crippen LogP contribution is -2.26. The molecule has 2 aromatic rings. The molecule has 29 heavy (non-hydrogen) atoms. The number of rotatable bonds is 8. The predicted octanol–water partition coefficient (Wildman–Crippen LogP) is 5.36. The zero-order valence-corrected chi connectivity index (χ0v) is 17.5. The van der Waals surface area contributed by atoms with Crippen molar-refractivity contribution >= 4 is 35.6 Å². The van der Waals surface area contributed by atoms with E-state index in [-0.39, 0.29) is 15.8 Å². The summed E-state index contributed by atoms with van der Waals surface area (Å²) in [5.74, 6) is 0.289. The lowest BCUT2D eigenvalue weighted by molar-refractivity contribution is -0.154. The van der Waals surface area contributed by atoms with E-state index in [2.05, 4.69) is 5.32 Å². The Morgan fingerprint density at radius 1 is 1.10 bits per heavy atom. The van der Waals surface area contributed by atoms with E-state index in [0.29, 0.717) is 23.5 Å². The SMILES string of the molecule is CC1(C)[C@H](C=C(Cl)Cl)[C@H]1C(=O)O[C@H](NC=O)c1cccc(Oc2ccccc2)c1. The van der Waals surface area contributed by atoms with Gasteiger partial charge in [-0.05, 0) is 41.7 Å². The zero-order valence-electron chi connectivity index (χ0n) is 16.0. The van der Waals surface area contributed by atoms with Crippen molar-refractivity contribution < 1.29 is 19.1 Å². The van der Waals surface area contributed by atoms with Crippen molar-refractivity contribution in [3.63, 3.8) is 0 Å². The van der Waals surface area contributed by atoms with Gasteiger partial charge in [0.15, 0.2) is 0 Å². The maximum Gasteiger partial charge on any atom is 0.312 e. The van der Waals surface area contributed by atoms with Gasteiger partial charge >= 0.3 is 5.97 Å². The summed E-state index contributed by atoms with van der Waals surface area (Å²) in [6, 6.07) is 16.3. The van der Waals surface area contributed by atoms with Gasteiger partial charge < -0.3 is 14.8 Å². The van der Waals surface area contributed by atoms with Gasteiger partial charge in [-0.2, -0.15) is 0 Å². The Balaban J connectivity index is 1.75. The number of amides is 1. The lowest BCUT2D eigenvalue weighted by atomic mass is 10.1. The molecule has 1 N–H and O–H groups in total. The van der Waals surface area contributed by atoms with Crippen LogP contribution in [0.4, 0.5) is 0 Å². The molecule has 0 aliphatic heterocycles. The van der Waals surface area contributed by atoms with E-state index >= 15 is 0 Å². The second-order valence-corrected chi connectivity index (χ2v) is 8.38. The summed E-state index contributed by atoms with van der Waals surface area (Å²) in [7, 11) is 0. The van der Waals surface area contributed by atoms with Gasteiger partial charge in [-0.3, -0.25) is 9.59 Å². The smallest absolute Gasteiger partial charge is 0.312 e. The minimum Gasteiger partial charge on any atom is -0.457 e. The summed E-state index contributed by atoms with van der Waals surface area (Å²) in [4.78, 5) is 23.8. The van der Waals surface area contributed by atoms with Crippen molar-refractivity contribution in [1.82, 2.24) is 5.32 Å². The number of hydrogen-bond donors (Lipinski definition) is 1. The van der Waals surface area contributed by atoms with E-state index in [1.165, 1.54) is 0 Å². The minimum atomic E-state index is -0.938. The summed E-state index contributed by atoms with van der Waals surface area (Å²) >= 11 is 11.5. The van der Waals surface area contributed by atoms with Gasteiger partial charge in [-0.1, -0.05) is 67.4 Å². The van der Waals surface area contributed by atoms with Crippen LogP contribution in [0.2, 0.25) is 0 Å². The fourth-order valence-electron chi connectivity index (χ4n) is 3.39. The average molecular weight is 434 g/mol. The number of nitrogens with one attached hydrogen (secondary N) is 1. The third-order valence-electron chi connectivity index (χ3n) is 5.06. The molecule has 3 atom stereocenters. The number of para-hydroxylation sites is 1. The second-order valence-electron chi connectivity index (χ2n) is 7.37. The molecular formula is C22H21Cl2NO4. The van der Waals surface area contributed by atoms with Crippen LogP contribution in [0.1, 0.15) is 25.6 Å². The Labute approximate surface area is 179 Å². The van der Waals surface area contributed by atoms with E-state index in [9.17, 15) is 9.59 Å². The first-order chi connectivity index (χ1) is 13.8. The Morgan fingerprint density at radius 2 is 1.79 bits per heavy atom. The largest absolute Gasteiger partial charge is 0.457 e. The van der Waals surface area contributed by atoms with Gasteiger partial charge in [0.25, 0.3) is 0 Å². The van der Waals surface area contributed by atoms with Crippen molar-refractivity contribution in [2.45, 2.75) is 20.1 Å². The number of halogens is 2. The topological polar surface area (TPSA) is 64.6 Å². The Kier molecular flexibility index (Phi) is 6.50. The van der Waals surface area contributed by atoms with Crippen LogP contribution >= 0.6 is 23.2 Å². The summed E-state index contributed by atoms with van der Waals surface area (Å²) in [5, 5.41) is 2.54. The maximum absolute atomic E-state index is 12.7. The zero-order chi connectivity index (χ0) is 21.0. The van der Waals surface area contributed by atoms with Gasteiger partial charge in [0, 0.05) is 5.56 Å². The van der Waals surface area contributed by atoms with Gasteiger partial charge in [0.2, 0.25) is 12.6 Å². The molecule has 5 nitrogen and oxygen atoms in total. The Bertz CT molecular complexity index is 910. The highest BCUT2D eigenvalue weighted by Gasteiger charge is 2.62. The van der Waals surface area contributed by atoms with Crippen molar-refractivity contribution in [1.29, 1.82) is 0 Å². The second kappa shape index (κ2) is 8.89. The third kappa shape index (κ3) is 5.11. The molecule has 3 rings (SSSR count). The number of carbonyl (C=O) groups excluding carboxylic acids is 2. The van der Waals surface area contributed by atoms with E-state index in [4.69, 9.17) is 32.7 Å².